The number of rotatable bonds is 4. The highest BCUT2D eigenvalue weighted by Gasteiger charge is 2.14. The zero-order chi connectivity index (χ0) is 15.5. The molecule has 0 amide bonds. The van der Waals surface area contributed by atoms with Crippen molar-refractivity contribution in [1.29, 1.82) is 0 Å². The fraction of sp³-hybridized carbons (Fsp3) is 0.154. The molecule has 8 heteroatoms. The molecule has 1 heterocycles. The Kier molecular flexibility index (Phi) is 4.61. The molecule has 0 fully saturated rings. The molecule has 2 rings (SSSR count). The number of nitrogens with zero attached hydrogens (tertiary/aromatic N) is 3. The molecule has 0 bridgehead atoms. The van der Waals surface area contributed by atoms with Crippen LogP contribution in [-0.4, -0.2) is 24.3 Å². The Bertz CT molecular complexity index is 790. The van der Waals surface area contributed by atoms with Crippen molar-refractivity contribution in [2.75, 3.05) is 0 Å². The van der Waals surface area contributed by atoms with E-state index < -0.39 is 10.0 Å². The first-order valence-electron chi connectivity index (χ1n) is 6.01. The lowest BCUT2D eigenvalue weighted by molar-refractivity contribution is 0.596. The molecule has 6 nitrogen and oxygen atoms in total. The molecule has 0 aliphatic rings. The summed E-state index contributed by atoms with van der Waals surface area (Å²) < 4.78 is 21.9. The second-order valence-corrected chi connectivity index (χ2v) is 7.08. The van der Waals surface area contributed by atoms with Crippen molar-refractivity contribution in [3.8, 4) is 0 Å². The summed E-state index contributed by atoms with van der Waals surface area (Å²) in [7, 11) is -3.82. The SMILES string of the molecule is CC(/C=C/c1ccc(C)cc1)=Nc1nnc(S(N)(=O)=O)s1. The van der Waals surface area contributed by atoms with Crippen LogP contribution >= 0.6 is 11.3 Å². The second-order valence-electron chi connectivity index (χ2n) is 4.39. The number of aliphatic imine (C=N–C) groups is 1. The standard InChI is InChI=1S/C13H14N4O2S2/c1-9-3-6-11(7-4-9)8-5-10(2)15-12-16-17-13(20-12)21(14,18)19/h3-8H,1-2H3,(H2,14,18,19)/b8-5+,15-10?. The zero-order valence-corrected chi connectivity index (χ0v) is 13.1. The van der Waals surface area contributed by atoms with Gasteiger partial charge >= 0.3 is 0 Å². The van der Waals surface area contributed by atoms with Crippen LogP contribution < -0.4 is 5.14 Å². The van der Waals surface area contributed by atoms with Gasteiger partial charge < -0.3 is 0 Å². The topological polar surface area (TPSA) is 98.3 Å². The molecule has 0 saturated carbocycles. The minimum absolute atomic E-state index is 0.239. The molecule has 0 saturated heterocycles. The summed E-state index contributed by atoms with van der Waals surface area (Å²) >= 11 is 0.835. The van der Waals surface area contributed by atoms with E-state index in [0.29, 0.717) is 5.71 Å². The first-order chi connectivity index (χ1) is 9.84. The smallest absolute Gasteiger partial charge is 0.223 e. The van der Waals surface area contributed by atoms with Gasteiger partial charge in [-0.2, -0.15) is 0 Å². The quantitative estimate of drug-likeness (QED) is 0.873. The second kappa shape index (κ2) is 6.25. The van der Waals surface area contributed by atoms with Crippen LogP contribution in [0, 0.1) is 6.92 Å². The van der Waals surface area contributed by atoms with Crippen LogP contribution in [0.15, 0.2) is 39.7 Å². The van der Waals surface area contributed by atoms with Gasteiger partial charge in [0.2, 0.25) is 9.47 Å². The minimum Gasteiger partial charge on any atom is -0.223 e. The lowest BCUT2D eigenvalue weighted by atomic mass is 10.1. The number of primary sulfonamides is 1. The van der Waals surface area contributed by atoms with Crippen LogP contribution in [0.5, 0.6) is 0 Å². The lowest BCUT2D eigenvalue weighted by Gasteiger charge is -1.94. The fourth-order valence-corrected chi connectivity index (χ4v) is 2.80. The van der Waals surface area contributed by atoms with Gasteiger partial charge in [0.15, 0.2) is 0 Å². The van der Waals surface area contributed by atoms with Crippen LogP contribution in [0.1, 0.15) is 18.1 Å². The van der Waals surface area contributed by atoms with Gasteiger partial charge in [-0.3, -0.25) is 0 Å². The lowest BCUT2D eigenvalue weighted by Crippen LogP contribution is -2.11. The van der Waals surface area contributed by atoms with E-state index in [1.807, 2.05) is 43.3 Å². The number of hydrogen-bond acceptors (Lipinski definition) is 6. The van der Waals surface area contributed by atoms with Crippen LogP contribution in [0.3, 0.4) is 0 Å². The number of aryl methyl sites for hydroxylation is 1. The van der Waals surface area contributed by atoms with E-state index in [4.69, 9.17) is 5.14 Å². The fourth-order valence-electron chi connectivity index (χ4n) is 1.45. The van der Waals surface area contributed by atoms with E-state index in [9.17, 15) is 8.42 Å². The molecule has 0 spiro atoms. The van der Waals surface area contributed by atoms with Gasteiger partial charge in [-0.15, -0.1) is 10.2 Å². The molecule has 110 valence electrons. The van der Waals surface area contributed by atoms with Crippen molar-refractivity contribution in [2.24, 2.45) is 10.1 Å². The van der Waals surface area contributed by atoms with E-state index in [2.05, 4.69) is 15.2 Å². The Balaban J connectivity index is 2.14. The maximum absolute atomic E-state index is 11.1. The largest absolute Gasteiger partial charge is 0.267 e. The van der Waals surface area contributed by atoms with E-state index in [0.717, 1.165) is 16.9 Å². The van der Waals surface area contributed by atoms with Crippen molar-refractivity contribution in [3.63, 3.8) is 0 Å². The third kappa shape index (κ3) is 4.55. The highest BCUT2D eigenvalue weighted by Crippen LogP contribution is 2.21. The molecule has 0 aliphatic heterocycles. The number of sulfonamides is 1. The predicted octanol–water partition coefficient (Wildman–Crippen LogP) is 2.30. The maximum Gasteiger partial charge on any atom is 0.267 e. The monoisotopic (exact) mass is 322 g/mol. The van der Waals surface area contributed by atoms with Crippen LogP contribution in [0.25, 0.3) is 6.08 Å². The molecule has 0 unspecified atom stereocenters. The molecular formula is C13H14N4O2S2. The van der Waals surface area contributed by atoms with Crippen LogP contribution in [0.4, 0.5) is 5.13 Å². The molecule has 0 aliphatic carbocycles. The zero-order valence-electron chi connectivity index (χ0n) is 11.5. The third-order valence-electron chi connectivity index (χ3n) is 2.51. The molecule has 21 heavy (non-hydrogen) atoms. The average molecular weight is 322 g/mol. The predicted molar refractivity (Wildman–Crippen MR) is 84.3 cm³/mol. The highest BCUT2D eigenvalue weighted by atomic mass is 32.2. The van der Waals surface area contributed by atoms with Crippen molar-refractivity contribution < 1.29 is 8.42 Å². The van der Waals surface area contributed by atoms with E-state index in [1.165, 1.54) is 5.56 Å². The number of hydrogen-bond donors (Lipinski definition) is 1. The molecule has 2 N–H and O–H groups in total. The summed E-state index contributed by atoms with van der Waals surface area (Å²) in [5, 5.41) is 12.4. The molecule has 1 aromatic heterocycles. The Morgan fingerprint density at radius 1 is 1.29 bits per heavy atom. The van der Waals surface area contributed by atoms with E-state index in [1.54, 1.807) is 6.92 Å². The Labute approximate surface area is 127 Å². The number of aromatic nitrogens is 2. The molecular weight excluding hydrogens is 308 g/mol. The first-order valence-corrected chi connectivity index (χ1v) is 8.37. The first kappa shape index (κ1) is 15.5. The third-order valence-corrected chi connectivity index (χ3v) is 4.63. The van der Waals surface area contributed by atoms with Gasteiger partial charge in [0.05, 0.1) is 0 Å². The Morgan fingerprint density at radius 2 is 1.95 bits per heavy atom. The van der Waals surface area contributed by atoms with Gasteiger partial charge in [0.1, 0.15) is 0 Å². The van der Waals surface area contributed by atoms with Crippen LogP contribution in [-0.2, 0) is 10.0 Å². The summed E-state index contributed by atoms with van der Waals surface area (Å²) in [6.07, 6.45) is 3.74. The minimum atomic E-state index is -3.82. The summed E-state index contributed by atoms with van der Waals surface area (Å²) in [6.45, 7) is 3.82. The van der Waals surface area contributed by atoms with Gasteiger partial charge in [-0.1, -0.05) is 47.2 Å². The molecule has 0 atom stereocenters. The van der Waals surface area contributed by atoms with Crippen molar-refractivity contribution >= 4 is 38.3 Å². The van der Waals surface area contributed by atoms with E-state index in [-0.39, 0.29) is 9.47 Å². The van der Waals surface area contributed by atoms with Gasteiger partial charge in [-0.05, 0) is 25.5 Å². The number of allylic oxidation sites excluding steroid dienone is 1. The molecule has 0 radical (unpaired) electrons. The Hall–Kier alpha value is -1.90. The summed E-state index contributed by atoms with van der Waals surface area (Å²) in [5.41, 5.74) is 2.94. The maximum atomic E-state index is 11.1. The van der Waals surface area contributed by atoms with Crippen LogP contribution in [0.2, 0.25) is 0 Å². The van der Waals surface area contributed by atoms with Gasteiger partial charge in [-0.25, -0.2) is 18.5 Å². The summed E-state index contributed by atoms with van der Waals surface area (Å²) in [5.74, 6) is 0. The van der Waals surface area contributed by atoms with Crippen molar-refractivity contribution in [1.82, 2.24) is 10.2 Å². The molecule has 2 aromatic rings. The van der Waals surface area contributed by atoms with E-state index >= 15 is 0 Å². The normalized spacial score (nSPS) is 13.0. The number of nitrogens with two attached hydrogens (primary N) is 1. The van der Waals surface area contributed by atoms with Crippen molar-refractivity contribution in [2.45, 2.75) is 18.2 Å². The van der Waals surface area contributed by atoms with Crippen molar-refractivity contribution in [3.05, 3.63) is 41.5 Å². The highest BCUT2D eigenvalue weighted by molar-refractivity contribution is 7.91. The number of benzene rings is 1. The molecule has 1 aromatic carbocycles. The Morgan fingerprint density at radius 3 is 2.52 bits per heavy atom. The summed E-state index contributed by atoms with van der Waals surface area (Å²) in [6, 6.07) is 8.05. The summed E-state index contributed by atoms with van der Waals surface area (Å²) in [4.78, 5) is 4.18. The average Bonchev–Trinajstić information content (AvgIpc) is 2.86. The van der Waals surface area contributed by atoms with Gasteiger partial charge in [0, 0.05) is 5.71 Å². The van der Waals surface area contributed by atoms with Gasteiger partial charge in [0.25, 0.3) is 10.0 Å².